The summed E-state index contributed by atoms with van der Waals surface area (Å²) in [4.78, 5) is 13.5. The molecular weight excluding hydrogens is 250 g/mol. The van der Waals surface area contributed by atoms with Gasteiger partial charge in [-0.1, -0.05) is 0 Å². The standard InChI is InChI=1S/C14H20ClNO2/c1-9-8-12(16(4)13(17)6-7-15)10(2)11(3)14(9)18-5/h8H,6-7H2,1-5H3. The van der Waals surface area contributed by atoms with Gasteiger partial charge in [0.05, 0.1) is 7.11 Å². The Morgan fingerprint density at radius 1 is 1.33 bits per heavy atom. The van der Waals surface area contributed by atoms with E-state index in [-0.39, 0.29) is 5.91 Å². The Labute approximate surface area is 114 Å². The van der Waals surface area contributed by atoms with Crippen molar-refractivity contribution in [2.45, 2.75) is 27.2 Å². The maximum absolute atomic E-state index is 11.9. The van der Waals surface area contributed by atoms with Crippen molar-refractivity contribution in [3.05, 3.63) is 22.8 Å². The molecule has 0 bridgehead atoms. The van der Waals surface area contributed by atoms with Crippen molar-refractivity contribution in [2.24, 2.45) is 0 Å². The molecule has 100 valence electrons. The van der Waals surface area contributed by atoms with Crippen LogP contribution in [-0.4, -0.2) is 25.9 Å². The number of anilines is 1. The Hall–Kier alpha value is -1.22. The summed E-state index contributed by atoms with van der Waals surface area (Å²) in [5.41, 5.74) is 4.07. The van der Waals surface area contributed by atoms with E-state index in [4.69, 9.17) is 16.3 Å². The number of methoxy groups -OCH3 is 1. The fraction of sp³-hybridized carbons (Fsp3) is 0.500. The van der Waals surface area contributed by atoms with Crippen LogP contribution in [0, 0.1) is 20.8 Å². The van der Waals surface area contributed by atoms with E-state index < -0.39 is 0 Å². The Balaban J connectivity index is 3.22. The van der Waals surface area contributed by atoms with Gasteiger partial charge in [0, 0.05) is 25.0 Å². The number of carbonyl (C=O) groups excluding carboxylic acids is 1. The van der Waals surface area contributed by atoms with Crippen molar-refractivity contribution in [3.8, 4) is 5.75 Å². The minimum absolute atomic E-state index is 0.0251. The van der Waals surface area contributed by atoms with Crippen molar-refractivity contribution < 1.29 is 9.53 Å². The van der Waals surface area contributed by atoms with Gasteiger partial charge in [0.1, 0.15) is 5.75 Å². The number of nitrogens with zero attached hydrogens (tertiary/aromatic N) is 1. The Morgan fingerprint density at radius 3 is 2.44 bits per heavy atom. The summed E-state index contributed by atoms with van der Waals surface area (Å²) in [6.07, 6.45) is 0.349. The van der Waals surface area contributed by atoms with Crippen LogP contribution in [0.3, 0.4) is 0 Å². The maximum atomic E-state index is 11.9. The third kappa shape index (κ3) is 2.78. The number of hydrogen-bond donors (Lipinski definition) is 0. The summed E-state index contributed by atoms with van der Waals surface area (Å²) in [5.74, 6) is 1.25. The number of amides is 1. The third-order valence-electron chi connectivity index (χ3n) is 3.25. The number of ether oxygens (including phenoxy) is 1. The second-order valence-electron chi connectivity index (χ2n) is 4.39. The summed E-state index contributed by atoms with van der Waals surface area (Å²) in [6, 6.07) is 1.98. The van der Waals surface area contributed by atoms with Crippen LogP contribution in [0.1, 0.15) is 23.1 Å². The number of aryl methyl sites for hydroxylation is 1. The van der Waals surface area contributed by atoms with Crippen LogP contribution in [-0.2, 0) is 4.79 Å². The molecule has 18 heavy (non-hydrogen) atoms. The highest BCUT2D eigenvalue weighted by atomic mass is 35.5. The van der Waals surface area contributed by atoms with Crippen molar-refractivity contribution in [2.75, 3.05) is 24.9 Å². The molecule has 1 aromatic carbocycles. The molecule has 0 saturated heterocycles. The van der Waals surface area contributed by atoms with Crippen LogP contribution in [0.25, 0.3) is 0 Å². The highest BCUT2D eigenvalue weighted by Crippen LogP contribution is 2.33. The van der Waals surface area contributed by atoms with E-state index in [2.05, 4.69) is 0 Å². The van der Waals surface area contributed by atoms with Crippen molar-refractivity contribution in [1.82, 2.24) is 0 Å². The normalized spacial score (nSPS) is 10.3. The number of alkyl halides is 1. The molecule has 0 aromatic heterocycles. The van der Waals surface area contributed by atoms with Crippen molar-refractivity contribution in [1.29, 1.82) is 0 Å². The van der Waals surface area contributed by atoms with Gasteiger partial charge in [-0.3, -0.25) is 4.79 Å². The molecule has 3 nitrogen and oxygen atoms in total. The Morgan fingerprint density at radius 2 is 1.94 bits per heavy atom. The predicted molar refractivity (Wildman–Crippen MR) is 76.0 cm³/mol. The molecule has 0 fully saturated rings. The summed E-state index contributed by atoms with van der Waals surface area (Å²) >= 11 is 5.61. The molecule has 0 unspecified atom stereocenters. The Bertz CT molecular complexity index is 458. The van der Waals surface area contributed by atoms with E-state index >= 15 is 0 Å². The first-order valence-corrected chi connectivity index (χ1v) is 6.44. The zero-order chi connectivity index (χ0) is 13.9. The molecule has 0 atom stereocenters. The first kappa shape index (κ1) is 14.8. The highest BCUT2D eigenvalue weighted by Gasteiger charge is 2.17. The minimum Gasteiger partial charge on any atom is -0.496 e. The monoisotopic (exact) mass is 269 g/mol. The van der Waals surface area contributed by atoms with Crippen LogP contribution in [0.15, 0.2) is 6.07 Å². The van der Waals surface area contributed by atoms with Crippen LogP contribution in [0.5, 0.6) is 5.75 Å². The molecule has 1 amide bonds. The van der Waals surface area contributed by atoms with E-state index in [9.17, 15) is 4.79 Å². The lowest BCUT2D eigenvalue weighted by atomic mass is 10.0. The molecule has 1 rings (SSSR count). The lowest BCUT2D eigenvalue weighted by molar-refractivity contribution is -0.117. The summed E-state index contributed by atoms with van der Waals surface area (Å²) in [6.45, 7) is 5.98. The van der Waals surface area contributed by atoms with E-state index in [1.807, 2.05) is 26.8 Å². The predicted octanol–water partition coefficient (Wildman–Crippen LogP) is 3.21. The van der Waals surface area contributed by atoms with Gasteiger partial charge < -0.3 is 9.64 Å². The number of carbonyl (C=O) groups is 1. The van der Waals surface area contributed by atoms with E-state index in [1.54, 1.807) is 19.1 Å². The van der Waals surface area contributed by atoms with Gasteiger partial charge in [0.2, 0.25) is 5.91 Å². The van der Waals surface area contributed by atoms with Gasteiger partial charge in [-0.2, -0.15) is 0 Å². The molecule has 0 aliphatic rings. The summed E-state index contributed by atoms with van der Waals surface area (Å²) < 4.78 is 5.37. The van der Waals surface area contributed by atoms with E-state index in [0.717, 1.165) is 28.1 Å². The fourth-order valence-electron chi connectivity index (χ4n) is 2.08. The molecule has 0 heterocycles. The van der Waals surface area contributed by atoms with E-state index in [1.165, 1.54) is 0 Å². The van der Waals surface area contributed by atoms with Gasteiger partial charge in [0.15, 0.2) is 0 Å². The molecule has 0 spiro atoms. The number of benzene rings is 1. The molecule has 0 aliphatic carbocycles. The highest BCUT2D eigenvalue weighted by molar-refractivity contribution is 6.19. The molecule has 1 aromatic rings. The lowest BCUT2D eigenvalue weighted by Crippen LogP contribution is -2.27. The SMILES string of the molecule is COc1c(C)cc(N(C)C(=O)CCCl)c(C)c1C. The number of rotatable bonds is 4. The second-order valence-corrected chi connectivity index (χ2v) is 4.77. The Kier molecular flexibility index (Phi) is 5.03. The smallest absolute Gasteiger partial charge is 0.227 e. The first-order valence-electron chi connectivity index (χ1n) is 5.91. The molecule has 0 radical (unpaired) electrons. The zero-order valence-corrected chi connectivity index (χ0v) is 12.4. The average Bonchev–Trinajstić information content (AvgIpc) is 2.34. The molecule has 0 saturated carbocycles. The summed E-state index contributed by atoms with van der Waals surface area (Å²) in [7, 11) is 3.44. The van der Waals surface area contributed by atoms with E-state index in [0.29, 0.717) is 12.3 Å². The minimum atomic E-state index is 0.0251. The fourth-order valence-corrected chi connectivity index (χ4v) is 2.24. The van der Waals surface area contributed by atoms with Crippen molar-refractivity contribution >= 4 is 23.2 Å². The van der Waals surface area contributed by atoms with Crippen LogP contribution < -0.4 is 9.64 Å². The molecular formula is C14H20ClNO2. The number of halogens is 1. The van der Waals surface area contributed by atoms with Crippen molar-refractivity contribution in [3.63, 3.8) is 0 Å². The molecule has 4 heteroatoms. The molecule has 0 N–H and O–H groups in total. The van der Waals surface area contributed by atoms with Gasteiger partial charge in [0.25, 0.3) is 0 Å². The van der Waals surface area contributed by atoms with Gasteiger partial charge in [-0.25, -0.2) is 0 Å². The van der Waals surface area contributed by atoms with Crippen LogP contribution >= 0.6 is 11.6 Å². The third-order valence-corrected chi connectivity index (χ3v) is 3.44. The van der Waals surface area contributed by atoms with Gasteiger partial charge >= 0.3 is 0 Å². The average molecular weight is 270 g/mol. The molecule has 0 aliphatic heterocycles. The topological polar surface area (TPSA) is 29.5 Å². The van der Waals surface area contributed by atoms with Crippen LogP contribution in [0.2, 0.25) is 0 Å². The quantitative estimate of drug-likeness (QED) is 0.786. The summed E-state index contributed by atoms with van der Waals surface area (Å²) in [5, 5.41) is 0. The largest absolute Gasteiger partial charge is 0.496 e. The second kappa shape index (κ2) is 6.10. The van der Waals surface area contributed by atoms with Gasteiger partial charge in [-0.15, -0.1) is 11.6 Å². The lowest BCUT2D eigenvalue weighted by Gasteiger charge is -2.23. The van der Waals surface area contributed by atoms with Gasteiger partial charge in [-0.05, 0) is 43.5 Å². The van der Waals surface area contributed by atoms with Crippen LogP contribution in [0.4, 0.5) is 5.69 Å². The maximum Gasteiger partial charge on any atom is 0.227 e. The zero-order valence-electron chi connectivity index (χ0n) is 11.6. The number of hydrogen-bond acceptors (Lipinski definition) is 2. The first-order chi connectivity index (χ1) is 8.43.